The summed E-state index contributed by atoms with van der Waals surface area (Å²) in [4.78, 5) is 23.0. The van der Waals surface area contributed by atoms with Gasteiger partial charge in [0.25, 0.3) is 0 Å². The van der Waals surface area contributed by atoms with Crippen LogP contribution < -0.4 is 5.32 Å². The number of allylic oxidation sites excluding steroid dienone is 5. The van der Waals surface area contributed by atoms with Gasteiger partial charge in [0.2, 0.25) is 5.91 Å². The number of carbonyl (C=O) groups excluding carboxylic acids is 1. The number of hydrogen-bond acceptors (Lipinski definition) is 3. The Morgan fingerprint density at radius 2 is 1.63 bits per heavy atom. The summed E-state index contributed by atoms with van der Waals surface area (Å²) in [6, 6.07) is -0.789. The van der Waals surface area contributed by atoms with Crippen LogP contribution in [0.25, 0.3) is 0 Å². The molecule has 0 heterocycles. The van der Waals surface area contributed by atoms with Crippen LogP contribution in [-0.2, 0) is 9.59 Å². The highest BCUT2D eigenvalue weighted by Crippen LogP contribution is 2.29. The molecule has 152 valence electrons. The van der Waals surface area contributed by atoms with E-state index in [2.05, 4.69) is 51.2 Å². The van der Waals surface area contributed by atoms with Crippen molar-refractivity contribution < 1.29 is 14.7 Å². The molecule has 1 saturated carbocycles. The number of hydrogen-bond donors (Lipinski definition) is 2. The van der Waals surface area contributed by atoms with Gasteiger partial charge in [-0.25, -0.2) is 4.79 Å². The topological polar surface area (TPSA) is 66.4 Å². The molecular formula is C22H35NO3S. The number of thioether (sulfide) groups is 1. The van der Waals surface area contributed by atoms with Gasteiger partial charge in [0.05, 0.1) is 0 Å². The Morgan fingerprint density at radius 1 is 1.04 bits per heavy atom. The largest absolute Gasteiger partial charge is 0.480 e. The van der Waals surface area contributed by atoms with Crippen LogP contribution in [0.15, 0.2) is 34.9 Å². The zero-order valence-electron chi connectivity index (χ0n) is 17.2. The normalized spacial score (nSPS) is 16.0. The maximum atomic E-state index is 11.7. The van der Waals surface area contributed by atoms with Gasteiger partial charge < -0.3 is 10.4 Å². The van der Waals surface area contributed by atoms with E-state index < -0.39 is 12.0 Å². The fourth-order valence-electron chi connectivity index (χ4n) is 2.54. The number of nitrogens with one attached hydrogen (secondary N) is 1. The average molecular weight is 394 g/mol. The highest BCUT2D eigenvalue weighted by molar-refractivity contribution is 7.99. The van der Waals surface area contributed by atoms with Gasteiger partial charge in [-0.15, -0.1) is 0 Å². The molecule has 0 aromatic heterocycles. The van der Waals surface area contributed by atoms with E-state index in [4.69, 9.17) is 0 Å². The molecule has 0 radical (unpaired) electrons. The van der Waals surface area contributed by atoms with Crippen LogP contribution in [0.2, 0.25) is 0 Å². The molecule has 0 unspecified atom stereocenters. The molecular weight excluding hydrogens is 358 g/mol. The van der Waals surface area contributed by atoms with Crippen molar-refractivity contribution in [3.63, 3.8) is 0 Å². The summed E-state index contributed by atoms with van der Waals surface area (Å²) < 4.78 is 0. The lowest BCUT2D eigenvalue weighted by molar-refractivity contribution is -0.141. The van der Waals surface area contributed by atoms with Gasteiger partial charge in [-0.2, -0.15) is 11.8 Å². The first-order valence-electron chi connectivity index (χ1n) is 9.85. The van der Waals surface area contributed by atoms with Crippen LogP contribution in [-0.4, -0.2) is 34.5 Å². The molecule has 27 heavy (non-hydrogen) atoms. The third-order valence-corrected chi connectivity index (χ3v) is 5.49. The van der Waals surface area contributed by atoms with Crippen LogP contribution in [0, 0.1) is 5.92 Å². The fourth-order valence-corrected chi connectivity index (χ4v) is 3.54. The van der Waals surface area contributed by atoms with E-state index in [1.165, 1.54) is 16.7 Å². The quantitative estimate of drug-likeness (QED) is 0.337. The maximum Gasteiger partial charge on any atom is 0.327 e. The van der Waals surface area contributed by atoms with E-state index in [0.717, 1.165) is 44.3 Å². The summed E-state index contributed by atoms with van der Waals surface area (Å²) in [5.74, 6) is 0.156. The average Bonchev–Trinajstić information content (AvgIpc) is 3.42. The van der Waals surface area contributed by atoms with Crippen molar-refractivity contribution in [2.75, 3.05) is 11.5 Å². The highest BCUT2D eigenvalue weighted by Gasteiger charge is 2.32. The predicted molar refractivity (Wildman–Crippen MR) is 115 cm³/mol. The molecule has 0 saturated heterocycles. The molecule has 1 aliphatic carbocycles. The summed E-state index contributed by atoms with van der Waals surface area (Å²) in [5, 5.41) is 11.9. The number of amides is 1. The minimum Gasteiger partial charge on any atom is -0.480 e. The van der Waals surface area contributed by atoms with Gasteiger partial charge >= 0.3 is 5.97 Å². The third kappa shape index (κ3) is 11.8. The molecule has 4 nitrogen and oxygen atoms in total. The van der Waals surface area contributed by atoms with Crippen molar-refractivity contribution in [2.45, 2.75) is 72.3 Å². The summed E-state index contributed by atoms with van der Waals surface area (Å²) in [7, 11) is 0. The first kappa shape index (κ1) is 23.5. The van der Waals surface area contributed by atoms with Gasteiger partial charge in [-0.3, -0.25) is 4.79 Å². The van der Waals surface area contributed by atoms with E-state index in [-0.39, 0.29) is 11.8 Å². The monoisotopic (exact) mass is 393 g/mol. The molecule has 1 rings (SSSR count). The SMILES string of the molecule is CC(C)=CCC/C(C)=C/CC/C(C)=C/CSC[C@H](NC(=O)C1CC1)C(=O)O. The third-order valence-electron chi connectivity index (χ3n) is 4.52. The Balaban J connectivity index is 2.23. The molecule has 1 amide bonds. The second-order valence-corrected chi connectivity index (χ2v) is 8.75. The minimum atomic E-state index is -0.953. The Morgan fingerprint density at radius 3 is 2.19 bits per heavy atom. The lowest BCUT2D eigenvalue weighted by atomic mass is 10.1. The number of carboxylic acids is 1. The minimum absolute atomic E-state index is 0.0394. The first-order chi connectivity index (χ1) is 12.8. The standard InChI is InChI=1S/C22H35NO3S/c1-16(2)7-5-8-17(3)9-6-10-18(4)13-14-27-15-20(22(25)26)23-21(24)19-11-12-19/h7,9,13,19-20H,5-6,8,10-12,14-15H2,1-4H3,(H,23,24)(H,25,26)/b17-9+,18-13+/t20-/m0/s1. The van der Waals surface area contributed by atoms with Gasteiger partial charge in [-0.1, -0.05) is 34.9 Å². The van der Waals surface area contributed by atoms with Gasteiger partial charge in [0.1, 0.15) is 6.04 Å². The zero-order valence-corrected chi connectivity index (χ0v) is 18.0. The van der Waals surface area contributed by atoms with Crippen LogP contribution in [0.3, 0.4) is 0 Å². The molecule has 5 heteroatoms. The molecule has 1 atom stereocenters. The Labute approximate surface area is 168 Å². The maximum absolute atomic E-state index is 11.7. The lowest BCUT2D eigenvalue weighted by Crippen LogP contribution is -2.43. The summed E-state index contributed by atoms with van der Waals surface area (Å²) in [5.41, 5.74) is 4.13. The Hall–Kier alpha value is -1.49. The molecule has 1 fully saturated rings. The van der Waals surface area contributed by atoms with E-state index in [0.29, 0.717) is 5.75 Å². The fraction of sp³-hybridized carbons (Fsp3) is 0.636. The van der Waals surface area contributed by atoms with Gasteiger partial charge in [-0.05, 0) is 66.2 Å². The Kier molecular flexibility index (Phi) is 11.2. The van der Waals surface area contributed by atoms with E-state index >= 15 is 0 Å². The smallest absolute Gasteiger partial charge is 0.327 e. The molecule has 0 aromatic carbocycles. The van der Waals surface area contributed by atoms with E-state index in [1.54, 1.807) is 11.8 Å². The van der Waals surface area contributed by atoms with Crippen LogP contribution >= 0.6 is 11.8 Å². The lowest BCUT2D eigenvalue weighted by Gasteiger charge is -2.13. The molecule has 0 aromatic rings. The van der Waals surface area contributed by atoms with Crippen molar-refractivity contribution in [3.05, 3.63) is 34.9 Å². The van der Waals surface area contributed by atoms with E-state index in [1.807, 2.05) is 0 Å². The zero-order chi connectivity index (χ0) is 20.2. The van der Waals surface area contributed by atoms with Crippen LogP contribution in [0.5, 0.6) is 0 Å². The molecule has 0 bridgehead atoms. The van der Waals surface area contributed by atoms with Crippen molar-refractivity contribution in [3.8, 4) is 0 Å². The van der Waals surface area contributed by atoms with Crippen molar-refractivity contribution >= 4 is 23.6 Å². The van der Waals surface area contributed by atoms with Gasteiger partial charge in [0, 0.05) is 17.4 Å². The first-order valence-corrected chi connectivity index (χ1v) is 11.0. The summed E-state index contributed by atoms with van der Waals surface area (Å²) in [6.07, 6.45) is 12.8. The van der Waals surface area contributed by atoms with Gasteiger partial charge in [0.15, 0.2) is 0 Å². The van der Waals surface area contributed by atoms with Crippen LogP contribution in [0.4, 0.5) is 0 Å². The number of carbonyl (C=O) groups is 2. The molecule has 0 aliphatic heterocycles. The number of aliphatic carboxylic acids is 1. The molecule has 0 spiro atoms. The second-order valence-electron chi connectivity index (χ2n) is 7.67. The van der Waals surface area contributed by atoms with Crippen molar-refractivity contribution in [2.24, 2.45) is 5.92 Å². The van der Waals surface area contributed by atoms with Crippen LogP contribution in [0.1, 0.15) is 66.2 Å². The molecule has 1 aliphatic rings. The second kappa shape index (κ2) is 12.8. The summed E-state index contributed by atoms with van der Waals surface area (Å²) in [6.45, 7) is 8.57. The Bertz CT molecular complexity index is 584. The predicted octanol–water partition coefficient (Wildman–Crippen LogP) is 5.12. The summed E-state index contributed by atoms with van der Waals surface area (Å²) >= 11 is 1.55. The number of rotatable bonds is 13. The number of carboxylic acid groups (broad SMARTS) is 1. The van der Waals surface area contributed by atoms with Crippen molar-refractivity contribution in [1.82, 2.24) is 5.32 Å². The van der Waals surface area contributed by atoms with E-state index in [9.17, 15) is 14.7 Å². The highest BCUT2D eigenvalue weighted by atomic mass is 32.2. The van der Waals surface area contributed by atoms with Crippen molar-refractivity contribution in [1.29, 1.82) is 0 Å². The molecule has 2 N–H and O–H groups in total.